The third-order valence-corrected chi connectivity index (χ3v) is 7.14. The van der Waals surface area contributed by atoms with Crippen LogP contribution in [-0.2, 0) is 0 Å². The first kappa shape index (κ1) is 25.3. The number of carbonyl (C=O) groups excluding carboxylic acids is 1. The van der Waals surface area contributed by atoms with Crippen molar-refractivity contribution < 1.29 is 4.79 Å². The van der Waals surface area contributed by atoms with Crippen LogP contribution in [0.5, 0.6) is 0 Å². The molecule has 0 amide bonds. The molecule has 0 atom stereocenters. The predicted octanol–water partition coefficient (Wildman–Crippen LogP) is 9.44. The van der Waals surface area contributed by atoms with Gasteiger partial charge in [0.1, 0.15) is 0 Å². The molecule has 0 aliphatic heterocycles. The van der Waals surface area contributed by atoms with E-state index in [1.807, 2.05) is 66.7 Å². The zero-order valence-electron chi connectivity index (χ0n) is 21.3. The number of hydrogen-bond acceptors (Lipinski definition) is 2. The van der Waals surface area contributed by atoms with Gasteiger partial charge >= 0.3 is 0 Å². The SMILES string of the molecule is Cc1ccc(C(=CSC=C(c2ccccc2)c2ccccc2)c2ccc(C(=O)c3ccccc3)cc2)cc1. The molecule has 0 N–H and O–H groups in total. The van der Waals surface area contributed by atoms with E-state index in [4.69, 9.17) is 0 Å². The van der Waals surface area contributed by atoms with Crippen LogP contribution in [0.4, 0.5) is 0 Å². The maximum absolute atomic E-state index is 12.9. The van der Waals surface area contributed by atoms with Crippen molar-refractivity contribution in [2.24, 2.45) is 0 Å². The van der Waals surface area contributed by atoms with Gasteiger partial charge < -0.3 is 0 Å². The largest absolute Gasteiger partial charge is 0.289 e. The van der Waals surface area contributed by atoms with Gasteiger partial charge in [-0.25, -0.2) is 0 Å². The number of rotatable bonds is 8. The maximum Gasteiger partial charge on any atom is 0.193 e. The van der Waals surface area contributed by atoms with E-state index in [1.54, 1.807) is 11.8 Å². The molecule has 2 heteroatoms. The van der Waals surface area contributed by atoms with E-state index in [9.17, 15) is 4.79 Å². The van der Waals surface area contributed by atoms with Crippen LogP contribution in [0.15, 0.2) is 150 Å². The Morgan fingerprint density at radius 2 is 0.763 bits per heavy atom. The van der Waals surface area contributed by atoms with Gasteiger partial charge in [-0.2, -0.15) is 0 Å². The molecule has 1 nitrogen and oxygen atoms in total. The molecular formula is C36H28OS. The van der Waals surface area contributed by atoms with Crippen molar-refractivity contribution in [2.75, 3.05) is 0 Å². The molecule has 0 fully saturated rings. The van der Waals surface area contributed by atoms with Gasteiger partial charge in [0.2, 0.25) is 0 Å². The van der Waals surface area contributed by atoms with E-state index in [1.165, 1.54) is 22.3 Å². The number of ketones is 1. The van der Waals surface area contributed by atoms with Gasteiger partial charge in [-0.15, -0.1) is 11.8 Å². The standard InChI is InChI=1S/C36H28OS/c1-27-17-19-30(20-18-27)35(31-21-23-33(24-22-31)36(37)32-15-9-4-10-16-32)26-38-25-34(28-11-5-2-6-12-28)29-13-7-3-8-14-29/h2-26H,1H3. The summed E-state index contributed by atoms with van der Waals surface area (Å²) in [5.74, 6) is 0.0330. The molecule has 184 valence electrons. The fourth-order valence-corrected chi connectivity index (χ4v) is 5.19. The second-order valence-corrected chi connectivity index (χ2v) is 9.81. The van der Waals surface area contributed by atoms with Crippen molar-refractivity contribution in [2.45, 2.75) is 6.92 Å². The van der Waals surface area contributed by atoms with E-state index in [2.05, 4.69) is 90.5 Å². The zero-order valence-corrected chi connectivity index (χ0v) is 22.1. The Bertz CT molecular complexity index is 1510. The molecule has 0 aliphatic carbocycles. The van der Waals surface area contributed by atoms with Crippen molar-refractivity contribution in [3.63, 3.8) is 0 Å². The van der Waals surface area contributed by atoms with Gasteiger partial charge in [0.25, 0.3) is 0 Å². The maximum atomic E-state index is 12.9. The Hall–Kier alpha value is -4.40. The van der Waals surface area contributed by atoms with Crippen LogP contribution in [0.1, 0.15) is 43.7 Å². The second kappa shape index (κ2) is 12.2. The smallest absolute Gasteiger partial charge is 0.193 e. The first-order valence-corrected chi connectivity index (χ1v) is 13.6. The number of carbonyl (C=O) groups is 1. The van der Waals surface area contributed by atoms with Gasteiger partial charge in [-0.3, -0.25) is 4.79 Å². The minimum absolute atomic E-state index is 0.0330. The number of thioether (sulfide) groups is 1. The van der Waals surface area contributed by atoms with E-state index in [0.717, 1.165) is 16.7 Å². The normalized spacial score (nSPS) is 11.1. The van der Waals surface area contributed by atoms with Crippen molar-refractivity contribution in [3.8, 4) is 0 Å². The summed E-state index contributed by atoms with van der Waals surface area (Å²) in [7, 11) is 0. The van der Waals surface area contributed by atoms with Crippen molar-refractivity contribution in [1.29, 1.82) is 0 Å². The lowest BCUT2D eigenvalue weighted by Gasteiger charge is -2.11. The molecule has 0 aliphatic rings. The first-order chi connectivity index (χ1) is 18.7. The molecule has 5 aromatic carbocycles. The third-order valence-electron chi connectivity index (χ3n) is 6.40. The molecule has 0 radical (unpaired) electrons. The van der Waals surface area contributed by atoms with Crippen molar-refractivity contribution >= 4 is 28.7 Å². The molecule has 0 heterocycles. The molecule has 0 saturated carbocycles. The quantitative estimate of drug-likeness (QED) is 0.194. The summed E-state index contributed by atoms with van der Waals surface area (Å²) >= 11 is 1.67. The Kier molecular flexibility index (Phi) is 8.13. The highest BCUT2D eigenvalue weighted by molar-refractivity contribution is 8.05. The third kappa shape index (κ3) is 6.11. The van der Waals surface area contributed by atoms with Crippen molar-refractivity contribution in [3.05, 3.63) is 189 Å². The van der Waals surface area contributed by atoms with Crippen LogP contribution in [0, 0.1) is 6.92 Å². The summed E-state index contributed by atoms with van der Waals surface area (Å²) in [6.45, 7) is 2.10. The summed E-state index contributed by atoms with van der Waals surface area (Å²) in [5, 5.41) is 4.41. The fraction of sp³-hybridized carbons (Fsp3) is 0.0278. The monoisotopic (exact) mass is 508 g/mol. The highest BCUT2D eigenvalue weighted by atomic mass is 32.2. The lowest BCUT2D eigenvalue weighted by atomic mass is 9.96. The zero-order chi connectivity index (χ0) is 26.2. The van der Waals surface area contributed by atoms with Crippen LogP contribution in [0.2, 0.25) is 0 Å². The molecular weight excluding hydrogens is 480 g/mol. The lowest BCUT2D eigenvalue weighted by molar-refractivity contribution is 0.103. The van der Waals surface area contributed by atoms with E-state index in [0.29, 0.717) is 11.1 Å². The van der Waals surface area contributed by atoms with E-state index in [-0.39, 0.29) is 5.78 Å². The summed E-state index contributed by atoms with van der Waals surface area (Å²) < 4.78 is 0. The molecule has 38 heavy (non-hydrogen) atoms. The molecule has 0 bridgehead atoms. The van der Waals surface area contributed by atoms with E-state index < -0.39 is 0 Å². The number of aryl methyl sites for hydroxylation is 1. The molecule has 5 aromatic rings. The average Bonchev–Trinajstić information content (AvgIpc) is 2.99. The minimum Gasteiger partial charge on any atom is -0.289 e. The predicted molar refractivity (Wildman–Crippen MR) is 162 cm³/mol. The van der Waals surface area contributed by atoms with Gasteiger partial charge in [0, 0.05) is 11.1 Å². The highest BCUT2D eigenvalue weighted by Gasteiger charge is 2.11. The Labute approximate surface area is 229 Å². The molecule has 0 aromatic heterocycles. The van der Waals surface area contributed by atoms with Crippen LogP contribution < -0.4 is 0 Å². The Balaban J connectivity index is 1.50. The minimum atomic E-state index is 0.0330. The summed E-state index contributed by atoms with van der Waals surface area (Å²) in [6.07, 6.45) is 0. The molecule has 0 unspecified atom stereocenters. The van der Waals surface area contributed by atoms with Gasteiger partial charge in [0.05, 0.1) is 0 Å². The Morgan fingerprint density at radius 1 is 0.447 bits per heavy atom. The Morgan fingerprint density at radius 3 is 1.21 bits per heavy atom. The van der Waals surface area contributed by atoms with Crippen LogP contribution in [0.25, 0.3) is 11.1 Å². The summed E-state index contributed by atoms with van der Waals surface area (Å²) in [4.78, 5) is 12.9. The highest BCUT2D eigenvalue weighted by Crippen LogP contribution is 2.31. The number of hydrogen-bond donors (Lipinski definition) is 0. The fourth-order valence-electron chi connectivity index (χ4n) is 4.30. The van der Waals surface area contributed by atoms with Crippen LogP contribution in [-0.4, -0.2) is 5.78 Å². The summed E-state index contributed by atoms with van der Waals surface area (Å²) in [6, 6.07) is 46.9. The number of benzene rings is 5. The first-order valence-electron chi connectivity index (χ1n) is 12.6. The van der Waals surface area contributed by atoms with Gasteiger partial charge in [-0.1, -0.05) is 145 Å². The second-order valence-electron chi connectivity index (χ2n) is 9.07. The van der Waals surface area contributed by atoms with Gasteiger partial charge in [-0.05, 0) is 51.1 Å². The molecule has 0 saturated heterocycles. The summed E-state index contributed by atoms with van der Waals surface area (Å²) in [5.41, 5.74) is 9.47. The van der Waals surface area contributed by atoms with Crippen molar-refractivity contribution in [1.82, 2.24) is 0 Å². The molecule has 0 spiro atoms. The average molecular weight is 509 g/mol. The van der Waals surface area contributed by atoms with E-state index >= 15 is 0 Å². The van der Waals surface area contributed by atoms with Gasteiger partial charge in [0.15, 0.2) is 5.78 Å². The topological polar surface area (TPSA) is 17.1 Å². The van der Waals surface area contributed by atoms with Crippen LogP contribution in [0.3, 0.4) is 0 Å². The molecule has 5 rings (SSSR count). The van der Waals surface area contributed by atoms with Crippen LogP contribution >= 0.6 is 11.8 Å². The lowest BCUT2D eigenvalue weighted by Crippen LogP contribution is -2.01.